The molecule has 0 spiro atoms. The van der Waals surface area contributed by atoms with E-state index >= 15 is 0 Å². The average Bonchev–Trinajstić information content (AvgIpc) is 2.61. The number of halogens is 5. The van der Waals surface area contributed by atoms with E-state index in [1.165, 1.54) is 43.3 Å². The van der Waals surface area contributed by atoms with Crippen LogP contribution in [0.15, 0.2) is 51.7 Å². The van der Waals surface area contributed by atoms with Gasteiger partial charge in [0.2, 0.25) is 11.2 Å². The molecule has 28 heavy (non-hydrogen) atoms. The third-order valence-corrected chi connectivity index (χ3v) is 4.23. The second-order valence-corrected chi connectivity index (χ2v) is 6.93. The van der Waals surface area contributed by atoms with E-state index in [9.17, 15) is 22.8 Å². The zero-order chi connectivity index (χ0) is 20.6. The summed E-state index contributed by atoms with van der Waals surface area (Å²) in [7, 11) is 0. The third-order valence-electron chi connectivity index (χ3n) is 3.80. The van der Waals surface area contributed by atoms with Gasteiger partial charge >= 0.3 is 12.1 Å². The number of hydrogen-bond donors (Lipinski definition) is 0. The van der Waals surface area contributed by atoms with E-state index in [0.717, 1.165) is 6.07 Å². The van der Waals surface area contributed by atoms with E-state index in [4.69, 9.17) is 32.4 Å². The summed E-state index contributed by atoms with van der Waals surface area (Å²) >= 11 is 11.4. The fraction of sp³-hybridized carbons (Fsp3) is 0.158. The molecule has 0 aliphatic carbocycles. The molecule has 3 aromatic rings. The van der Waals surface area contributed by atoms with E-state index in [1.54, 1.807) is 0 Å². The molecule has 0 saturated heterocycles. The molecule has 0 amide bonds. The highest BCUT2D eigenvalue weighted by Crippen LogP contribution is 2.38. The lowest BCUT2D eigenvalue weighted by Crippen LogP contribution is -2.18. The SMILES string of the molecule is CC(Cl)C(=O)Oc1ccc2c(=O)c(-c3ccc(Cl)cc3)c(C(F)(F)F)oc2c1. The van der Waals surface area contributed by atoms with Crippen LogP contribution >= 0.6 is 23.2 Å². The topological polar surface area (TPSA) is 56.5 Å². The fourth-order valence-corrected chi connectivity index (χ4v) is 2.68. The number of ether oxygens (including phenoxy) is 1. The predicted molar refractivity (Wildman–Crippen MR) is 98.9 cm³/mol. The molecule has 0 aliphatic rings. The van der Waals surface area contributed by atoms with Gasteiger partial charge in [-0.3, -0.25) is 9.59 Å². The lowest BCUT2D eigenvalue weighted by molar-refractivity contribution is -0.152. The van der Waals surface area contributed by atoms with Crippen molar-refractivity contribution in [3.63, 3.8) is 0 Å². The molecular formula is C19H11Cl2F3O4. The molecule has 0 saturated carbocycles. The molecule has 1 aromatic heterocycles. The molecule has 3 rings (SSSR count). The van der Waals surface area contributed by atoms with E-state index in [2.05, 4.69) is 0 Å². The third kappa shape index (κ3) is 4.00. The first-order valence-electron chi connectivity index (χ1n) is 7.87. The Morgan fingerprint density at radius 2 is 1.79 bits per heavy atom. The van der Waals surface area contributed by atoms with E-state index in [1.807, 2.05) is 0 Å². The molecule has 1 atom stereocenters. The molecule has 146 valence electrons. The highest BCUT2D eigenvalue weighted by Gasteiger charge is 2.39. The van der Waals surface area contributed by atoms with Gasteiger partial charge in [-0.05, 0) is 36.8 Å². The van der Waals surface area contributed by atoms with Gasteiger partial charge in [0.25, 0.3) is 0 Å². The van der Waals surface area contributed by atoms with Crippen molar-refractivity contribution in [3.05, 3.63) is 63.5 Å². The molecule has 0 N–H and O–H groups in total. The van der Waals surface area contributed by atoms with Crippen molar-refractivity contribution in [2.45, 2.75) is 18.5 Å². The quantitative estimate of drug-likeness (QED) is 0.305. The van der Waals surface area contributed by atoms with Crippen molar-refractivity contribution in [2.75, 3.05) is 0 Å². The smallest absolute Gasteiger partial charge is 0.450 e. The Morgan fingerprint density at radius 1 is 1.14 bits per heavy atom. The van der Waals surface area contributed by atoms with Gasteiger partial charge in [0.05, 0.1) is 10.9 Å². The minimum Gasteiger partial charge on any atom is -0.450 e. The number of carbonyl (C=O) groups excluding carboxylic acids is 1. The van der Waals surface area contributed by atoms with E-state index in [0.29, 0.717) is 5.02 Å². The minimum absolute atomic E-state index is 0.0128. The van der Waals surface area contributed by atoms with Crippen molar-refractivity contribution in [2.24, 2.45) is 0 Å². The standard InChI is InChI=1S/C19H11Cl2F3O4/c1-9(20)18(26)27-12-6-7-13-14(8-12)28-17(19(22,23)24)15(16(13)25)10-2-4-11(21)5-3-10/h2-9H,1H3. The minimum atomic E-state index is -4.93. The largest absolute Gasteiger partial charge is 0.450 e. The molecule has 0 bridgehead atoms. The monoisotopic (exact) mass is 430 g/mol. The van der Waals surface area contributed by atoms with Gasteiger partial charge in [-0.25, -0.2) is 0 Å². The van der Waals surface area contributed by atoms with Crippen molar-refractivity contribution in [1.29, 1.82) is 0 Å². The fourth-order valence-electron chi connectivity index (χ4n) is 2.51. The molecule has 0 aliphatic heterocycles. The van der Waals surface area contributed by atoms with Crippen molar-refractivity contribution in [1.82, 2.24) is 0 Å². The zero-order valence-electron chi connectivity index (χ0n) is 14.1. The molecular weight excluding hydrogens is 420 g/mol. The predicted octanol–water partition coefficient (Wildman–Crippen LogP) is 5.66. The summed E-state index contributed by atoms with van der Waals surface area (Å²) in [5, 5.41) is -0.750. The second kappa shape index (κ2) is 7.48. The van der Waals surface area contributed by atoms with Gasteiger partial charge in [-0.1, -0.05) is 23.7 Å². The summed E-state index contributed by atoms with van der Waals surface area (Å²) in [6.07, 6.45) is -4.93. The van der Waals surface area contributed by atoms with E-state index < -0.39 is 34.3 Å². The summed E-state index contributed by atoms with van der Waals surface area (Å²) in [5.41, 5.74) is -1.86. The van der Waals surface area contributed by atoms with Gasteiger partial charge in [0.1, 0.15) is 16.7 Å². The first kappa shape index (κ1) is 20.2. The van der Waals surface area contributed by atoms with Gasteiger partial charge in [0.15, 0.2) is 0 Å². The van der Waals surface area contributed by atoms with Crippen molar-refractivity contribution >= 4 is 40.1 Å². The van der Waals surface area contributed by atoms with Crippen molar-refractivity contribution < 1.29 is 27.1 Å². The van der Waals surface area contributed by atoms with Crippen LogP contribution in [0.2, 0.25) is 5.02 Å². The highest BCUT2D eigenvalue weighted by atomic mass is 35.5. The van der Waals surface area contributed by atoms with Crippen LogP contribution in [0.25, 0.3) is 22.1 Å². The summed E-state index contributed by atoms with van der Waals surface area (Å²) < 4.78 is 50.7. The van der Waals surface area contributed by atoms with Crippen LogP contribution in [0.3, 0.4) is 0 Å². The maximum Gasteiger partial charge on any atom is 0.450 e. The van der Waals surface area contributed by atoms with Crippen LogP contribution < -0.4 is 10.2 Å². The molecule has 0 fully saturated rings. The van der Waals surface area contributed by atoms with Crippen LogP contribution in [0.4, 0.5) is 13.2 Å². The number of benzene rings is 2. The number of fused-ring (bicyclic) bond motifs is 1. The molecule has 2 aromatic carbocycles. The van der Waals surface area contributed by atoms with E-state index in [-0.39, 0.29) is 22.3 Å². The Kier molecular flexibility index (Phi) is 5.41. The number of esters is 1. The van der Waals surface area contributed by atoms with Crippen molar-refractivity contribution in [3.8, 4) is 16.9 Å². The van der Waals surface area contributed by atoms with Crippen LogP contribution in [0.1, 0.15) is 12.7 Å². The molecule has 0 radical (unpaired) electrons. The maximum atomic E-state index is 13.6. The molecule has 1 unspecified atom stereocenters. The van der Waals surface area contributed by atoms with Crippen LogP contribution in [0.5, 0.6) is 5.75 Å². The second-order valence-electron chi connectivity index (χ2n) is 5.84. The highest BCUT2D eigenvalue weighted by molar-refractivity contribution is 6.30. The Hall–Kier alpha value is -2.51. The van der Waals surface area contributed by atoms with Gasteiger partial charge in [-0.2, -0.15) is 13.2 Å². The maximum absolute atomic E-state index is 13.6. The number of alkyl halides is 4. The van der Waals surface area contributed by atoms with Crippen LogP contribution in [-0.2, 0) is 11.0 Å². The van der Waals surface area contributed by atoms with Gasteiger partial charge in [0, 0.05) is 11.1 Å². The summed E-state index contributed by atoms with van der Waals surface area (Å²) in [4.78, 5) is 24.4. The zero-order valence-corrected chi connectivity index (χ0v) is 15.7. The summed E-state index contributed by atoms with van der Waals surface area (Å²) in [6, 6.07) is 8.88. The number of rotatable bonds is 3. The van der Waals surface area contributed by atoms with Crippen LogP contribution in [-0.4, -0.2) is 11.3 Å². The molecule has 1 heterocycles. The Morgan fingerprint density at radius 3 is 2.36 bits per heavy atom. The summed E-state index contributed by atoms with van der Waals surface area (Å²) in [5.74, 6) is -2.35. The summed E-state index contributed by atoms with van der Waals surface area (Å²) in [6.45, 7) is 1.38. The lowest BCUT2D eigenvalue weighted by atomic mass is 10.0. The van der Waals surface area contributed by atoms with Crippen LogP contribution in [0, 0.1) is 0 Å². The average molecular weight is 431 g/mol. The number of carbonyl (C=O) groups is 1. The Balaban J connectivity index is 2.24. The molecule has 9 heteroatoms. The first-order chi connectivity index (χ1) is 13.1. The Labute approximate surface area is 166 Å². The normalized spacial score (nSPS) is 12.8. The first-order valence-corrected chi connectivity index (χ1v) is 8.69. The lowest BCUT2D eigenvalue weighted by Gasteiger charge is -2.13. The Bertz CT molecular complexity index is 1100. The van der Waals surface area contributed by atoms with Gasteiger partial charge < -0.3 is 9.15 Å². The number of hydrogen-bond acceptors (Lipinski definition) is 4. The molecule has 4 nitrogen and oxygen atoms in total. The van der Waals surface area contributed by atoms with Gasteiger partial charge in [-0.15, -0.1) is 11.6 Å².